The molecule has 0 unspecified atom stereocenters. The van der Waals surface area contributed by atoms with Crippen molar-refractivity contribution < 1.29 is 9.18 Å². The van der Waals surface area contributed by atoms with Gasteiger partial charge in [-0.2, -0.15) is 11.8 Å². The van der Waals surface area contributed by atoms with Crippen molar-refractivity contribution in [3.05, 3.63) is 23.6 Å². The number of nitrogens with one attached hydrogen (secondary N) is 2. The number of hydrogen-bond donors (Lipinski definition) is 3. The summed E-state index contributed by atoms with van der Waals surface area (Å²) < 4.78 is 13.8. The van der Waals surface area contributed by atoms with Gasteiger partial charge in [-0.1, -0.05) is 0 Å². The number of hydrazine groups is 1. The number of pyridine rings is 1. The average molecular weight is 284 g/mol. The third-order valence-electron chi connectivity index (χ3n) is 3.16. The molecule has 0 aromatic carbocycles. The van der Waals surface area contributed by atoms with E-state index in [2.05, 4.69) is 15.7 Å². The number of rotatable bonds is 4. The van der Waals surface area contributed by atoms with Crippen LogP contribution < -0.4 is 16.6 Å². The monoisotopic (exact) mass is 284 g/mol. The fraction of sp³-hybridized carbons (Fsp3) is 0.500. The van der Waals surface area contributed by atoms with Crippen LogP contribution in [-0.2, 0) is 0 Å². The first-order chi connectivity index (χ1) is 9.22. The minimum atomic E-state index is -0.721. The van der Waals surface area contributed by atoms with Crippen LogP contribution in [0, 0.1) is 11.7 Å². The van der Waals surface area contributed by atoms with Gasteiger partial charge in [0.05, 0.1) is 5.56 Å². The van der Waals surface area contributed by atoms with E-state index in [9.17, 15) is 9.18 Å². The van der Waals surface area contributed by atoms with E-state index in [0.29, 0.717) is 12.5 Å². The van der Waals surface area contributed by atoms with E-state index in [0.717, 1.165) is 24.3 Å². The lowest BCUT2D eigenvalue weighted by molar-refractivity contribution is 0.0942. The topological polar surface area (TPSA) is 80.0 Å². The van der Waals surface area contributed by atoms with Crippen molar-refractivity contribution in [3.63, 3.8) is 0 Å². The highest BCUT2D eigenvalue weighted by Gasteiger charge is 2.18. The Kier molecular flexibility index (Phi) is 4.98. The molecular weight excluding hydrogens is 267 g/mol. The fourth-order valence-electron chi connectivity index (χ4n) is 2.00. The van der Waals surface area contributed by atoms with Crippen molar-refractivity contribution in [2.75, 3.05) is 23.5 Å². The Morgan fingerprint density at radius 2 is 2.26 bits per heavy atom. The number of carbonyl (C=O) groups excluding carboxylic acids is 1. The van der Waals surface area contributed by atoms with Gasteiger partial charge in [-0.15, -0.1) is 0 Å². The molecule has 5 nitrogen and oxygen atoms in total. The van der Waals surface area contributed by atoms with Gasteiger partial charge in [0, 0.05) is 12.7 Å². The van der Waals surface area contributed by atoms with Gasteiger partial charge in [0.15, 0.2) is 11.6 Å². The maximum Gasteiger partial charge on any atom is 0.254 e. The van der Waals surface area contributed by atoms with Crippen LogP contribution in [0.2, 0.25) is 0 Å². The molecule has 2 rings (SSSR count). The number of thioether (sulfide) groups is 1. The Hall–Kier alpha value is -1.34. The molecule has 1 aromatic heterocycles. The number of amides is 1. The highest BCUT2D eigenvalue weighted by molar-refractivity contribution is 7.99. The standard InChI is InChI=1S/C12H17FN4OS/c13-10-9(1-4-15-11(10)17-14)12(18)16-7-8-2-5-19-6-3-8/h1,4,8H,2-3,5-7,14H2,(H,15,17)(H,16,18). The number of nitrogens with two attached hydrogens (primary N) is 1. The molecule has 0 spiro atoms. The van der Waals surface area contributed by atoms with E-state index in [1.165, 1.54) is 12.3 Å². The zero-order chi connectivity index (χ0) is 13.7. The van der Waals surface area contributed by atoms with Crippen molar-refractivity contribution in [2.45, 2.75) is 12.8 Å². The Bertz CT molecular complexity index is 451. The Morgan fingerprint density at radius 3 is 2.95 bits per heavy atom. The predicted octanol–water partition coefficient (Wildman–Crippen LogP) is 1.38. The lowest BCUT2D eigenvalue weighted by Crippen LogP contribution is -2.31. The Labute approximate surface area is 115 Å². The lowest BCUT2D eigenvalue weighted by atomic mass is 10.0. The van der Waals surface area contributed by atoms with Gasteiger partial charge in [-0.3, -0.25) is 4.79 Å². The van der Waals surface area contributed by atoms with E-state index >= 15 is 0 Å². The van der Waals surface area contributed by atoms with Crippen molar-refractivity contribution in [1.82, 2.24) is 10.3 Å². The summed E-state index contributed by atoms with van der Waals surface area (Å²) in [7, 11) is 0. The molecule has 0 atom stereocenters. The van der Waals surface area contributed by atoms with Crippen LogP contribution in [0.4, 0.5) is 10.2 Å². The molecule has 0 aliphatic carbocycles. The molecule has 1 fully saturated rings. The third kappa shape index (κ3) is 3.57. The largest absolute Gasteiger partial charge is 0.352 e. The van der Waals surface area contributed by atoms with Gasteiger partial charge in [0.25, 0.3) is 5.91 Å². The van der Waals surface area contributed by atoms with Crippen molar-refractivity contribution in [3.8, 4) is 0 Å². The van der Waals surface area contributed by atoms with Crippen LogP contribution in [0.3, 0.4) is 0 Å². The third-order valence-corrected chi connectivity index (χ3v) is 4.21. The molecule has 1 aliphatic rings. The van der Waals surface area contributed by atoms with Crippen molar-refractivity contribution in [2.24, 2.45) is 11.8 Å². The average Bonchev–Trinajstić information content (AvgIpc) is 2.46. The van der Waals surface area contributed by atoms with Crippen LogP contribution in [0.25, 0.3) is 0 Å². The molecule has 0 radical (unpaired) electrons. The first-order valence-corrected chi connectivity index (χ1v) is 7.35. The number of hydrogen-bond acceptors (Lipinski definition) is 5. The molecule has 0 saturated carbocycles. The smallest absolute Gasteiger partial charge is 0.254 e. The second-order valence-electron chi connectivity index (χ2n) is 4.43. The maximum absolute atomic E-state index is 13.8. The highest BCUT2D eigenvalue weighted by atomic mass is 32.2. The summed E-state index contributed by atoms with van der Waals surface area (Å²) in [6.07, 6.45) is 3.54. The number of halogens is 1. The van der Waals surface area contributed by atoms with Gasteiger partial charge in [0.2, 0.25) is 0 Å². The zero-order valence-electron chi connectivity index (χ0n) is 10.5. The van der Waals surface area contributed by atoms with Gasteiger partial charge >= 0.3 is 0 Å². The van der Waals surface area contributed by atoms with E-state index in [1.54, 1.807) is 0 Å². The van der Waals surface area contributed by atoms with E-state index in [1.807, 2.05) is 11.8 Å². The number of carbonyl (C=O) groups is 1. The SMILES string of the molecule is NNc1nccc(C(=O)NCC2CCSCC2)c1F. The summed E-state index contributed by atoms with van der Waals surface area (Å²) in [5.74, 6) is 6.61. The summed E-state index contributed by atoms with van der Waals surface area (Å²) in [6.45, 7) is 0.590. The number of aromatic nitrogens is 1. The van der Waals surface area contributed by atoms with Crippen molar-refractivity contribution >= 4 is 23.5 Å². The number of nitrogens with zero attached hydrogens (tertiary/aromatic N) is 1. The van der Waals surface area contributed by atoms with E-state index in [4.69, 9.17) is 5.84 Å². The minimum Gasteiger partial charge on any atom is -0.352 e. The molecule has 1 amide bonds. The van der Waals surface area contributed by atoms with Crippen LogP contribution >= 0.6 is 11.8 Å². The second kappa shape index (κ2) is 6.72. The zero-order valence-corrected chi connectivity index (χ0v) is 11.3. The normalized spacial score (nSPS) is 16.1. The van der Waals surface area contributed by atoms with Gasteiger partial charge in [-0.25, -0.2) is 15.2 Å². The summed E-state index contributed by atoms with van der Waals surface area (Å²) in [5, 5.41) is 2.78. The molecule has 19 heavy (non-hydrogen) atoms. The van der Waals surface area contributed by atoms with Gasteiger partial charge in [0.1, 0.15) is 0 Å². The van der Waals surface area contributed by atoms with Gasteiger partial charge in [-0.05, 0) is 36.3 Å². The molecule has 1 aromatic rings. The van der Waals surface area contributed by atoms with Crippen LogP contribution in [0.1, 0.15) is 23.2 Å². The summed E-state index contributed by atoms with van der Waals surface area (Å²) in [6, 6.07) is 1.35. The highest BCUT2D eigenvalue weighted by Crippen LogP contribution is 2.22. The summed E-state index contributed by atoms with van der Waals surface area (Å²) in [5.41, 5.74) is 2.09. The molecule has 0 bridgehead atoms. The summed E-state index contributed by atoms with van der Waals surface area (Å²) in [4.78, 5) is 15.6. The quantitative estimate of drug-likeness (QED) is 0.575. The Balaban J connectivity index is 1.95. The molecule has 1 saturated heterocycles. The number of anilines is 1. The molecular formula is C12H17FN4OS. The second-order valence-corrected chi connectivity index (χ2v) is 5.66. The number of nitrogen functional groups attached to an aromatic ring is 1. The molecule has 104 valence electrons. The molecule has 4 N–H and O–H groups in total. The van der Waals surface area contributed by atoms with Crippen molar-refractivity contribution in [1.29, 1.82) is 0 Å². The van der Waals surface area contributed by atoms with Gasteiger partial charge < -0.3 is 10.7 Å². The first-order valence-electron chi connectivity index (χ1n) is 6.19. The van der Waals surface area contributed by atoms with Crippen LogP contribution in [-0.4, -0.2) is 28.9 Å². The first kappa shape index (κ1) is 14.1. The Morgan fingerprint density at radius 1 is 1.53 bits per heavy atom. The molecule has 2 heterocycles. The lowest BCUT2D eigenvalue weighted by Gasteiger charge is -2.21. The van der Waals surface area contributed by atoms with Crippen LogP contribution in [0.15, 0.2) is 12.3 Å². The minimum absolute atomic E-state index is 0.0341. The molecule has 7 heteroatoms. The fourth-order valence-corrected chi connectivity index (χ4v) is 3.21. The van der Waals surface area contributed by atoms with E-state index in [-0.39, 0.29) is 11.4 Å². The predicted molar refractivity (Wildman–Crippen MR) is 74.4 cm³/mol. The van der Waals surface area contributed by atoms with E-state index < -0.39 is 11.7 Å². The molecule has 1 aliphatic heterocycles. The maximum atomic E-state index is 13.8. The summed E-state index contributed by atoms with van der Waals surface area (Å²) >= 11 is 1.93. The van der Waals surface area contributed by atoms with Crippen LogP contribution in [0.5, 0.6) is 0 Å².